The van der Waals surface area contributed by atoms with Gasteiger partial charge in [0.25, 0.3) is 0 Å². The number of allylic oxidation sites excluding steroid dienone is 4. The fourth-order valence-corrected chi connectivity index (χ4v) is 1.79. The van der Waals surface area contributed by atoms with Crippen LogP contribution in [0, 0.1) is 11.3 Å². The Bertz CT molecular complexity index is 221. The Labute approximate surface area is 87.4 Å². The van der Waals surface area contributed by atoms with Crippen LogP contribution in [0.2, 0.25) is 0 Å². The number of hydrogen-bond donors (Lipinski definition) is 1. The molecule has 0 radical (unpaired) electrons. The van der Waals surface area contributed by atoms with Gasteiger partial charge in [0.1, 0.15) is 0 Å². The van der Waals surface area contributed by atoms with E-state index in [9.17, 15) is 0 Å². The van der Waals surface area contributed by atoms with Gasteiger partial charge in [-0.25, -0.2) is 0 Å². The van der Waals surface area contributed by atoms with Crippen LogP contribution < -0.4 is 0 Å². The summed E-state index contributed by atoms with van der Waals surface area (Å²) in [4.78, 5) is 0. The summed E-state index contributed by atoms with van der Waals surface area (Å²) < 4.78 is 0. The molecule has 0 heterocycles. The maximum absolute atomic E-state index is 6.86. The molecule has 0 atom stereocenters. The lowest BCUT2D eigenvalue weighted by molar-refractivity contribution is 0.290. The molecule has 1 saturated carbocycles. The highest BCUT2D eigenvalue weighted by Gasteiger charge is 2.15. The van der Waals surface area contributed by atoms with Crippen molar-refractivity contribution in [2.24, 2.45) is 5.92 Å². The summed E-state index contributed by atoms with van der Waals surface area (Å²) >= 11 is 0. The molecule has 1 N–H and O–H groups in total. The molecule has 0 aliphatic heterocycles. The van der Waals surface area contributed by atoms with Crippen LogP contribution in [-0.4, -0.2) is 6.21 Å². The molecule has 0 bridgehead atoms. The molecule has 78 valence electrons. The normalized spacial score (nSPS) is 18.5. The van der Waals surface area contributed by atoms with E-state index in [1.807, 2.05) is 6.08 Å². The summed E-state index contributed by atoms with van der Waals surface area (Å²) in [5.41, 5.74) is 1.28. The lowest BCUT2D eigenvalue weighted by Crippen LogP contribution is -2.09. The Kier molecular flexibility index (Phi) is 5.28. The van der Waals surface area contributed by atoms with Crippen molar-refractivity contribution in [2.75, 3.05) is 0 Å². The van der Waals surface area contributed by atoms with E-state index in [-0.39, 0.29) is 0 Å². The molecule has 0 amide bonds. The molecule has 0 unspecified atom stereocenters. The first-order valence-electron chi connectivity index (χ1n) is 5.67. The summed E-state index contributed by atoms with van der Waals surface area (Å²) in [6, 6.07) is 0. The molecule has 1 heteroatoms. The Morgan fingerprint density at radius 3 is 2.79 bits per heavy atom. The van der Waals surface area contributed by atoms with Gasteiger partial charge in [0.15, 0.2) is 0 Å². The highest BCUT2D eigenvalue weighted by Crippen LogP contribution is 2.30. The van der Waals surface area contributed by atoms with Crippen molar-refractivity contribution in [1.29, 1.82) is 5.41 Å². The zero-order valence-electron chi connectivity index (χ0n) is 9.13. The minimum absolute atomic E-state index is 1.04. The van der Waals surface area contributed by atoms with Crippen molar-refractivity contribution < 1.29 is 0 Å². The van der Waals surface area contributed by atoms with E-state index in [0.717, 1.165) is 5.92 Å². The monoisotopic (exact) mass is 191 g/mol. The molecule has 0 aromatic heterocycles. The predicted molar refractivity (Wildman–Crippen MR) is 62.9 cm³/mol. The molecule has 1 rings (SSSR count). The van der Waals surface area contributed by atoms with Crippen LogP contribution in [0.25, 0.3) is 0 Å². The fourth-order valence-electron chi connectivity index (χ4n) is 1.79. The smallest absolute Gasteiger partial charge is 0.0177 e. The average molecular weight is 191 g/mol. The summed E-state index contributed by atoms with van der Waals surface area (Å²) in [7, 11) is 0. The van der Waals surface area contributed by atoms with Crippen LogP contribution in [0.4, 0.5) is 0 Å². The van der Waals surface area contributed by atoms with Gasteiger partial charge in [-0.05, 0) is 31.8 Å². The van der Waals surface area contributed by atoms with Crippen LogP contribution in [0.3, 0.4) is 0 Å². The first-order chi connectivity index (χ1) is 6.83. The zero-order chi connectivity index (χ0) is 10.2. The van der Waals surface area contributed by atoms with Gasteiger partial charge in [0.2, 0.25) is 0 Å². The Balaban J connectivity index is 2.05. The molecule has 0 saturated heterocycles. The van der Waals surface area contributed by atoms with E-state index < -0.39 is 0 Å². The van der Waals surface area contributed by atoms with Crippen molar-refractivity contribution >= 4 is 6.21 Å². The molecular weight excluding hydrogens is 170 g/mol. The van der Waals surface area contributed by atoms with Crippen LogP contribution in [0.15, 0.2) is 23.8 Å². The van der Waals surface area contributed by atoms with E-state index in [1.165, 1.54) is 50.3 Å². The van der Waals surface area contributed by atoms with Gasteiger partial charge >= 0.3 is 0 Å². The molecule has 0 aromatic rings. The molecule has 1 aliphatic carbocycles. The quantitative estimate of drug-likeness (QED) is 0.371. The third kappa shape index (κ3) is 4.40. The van der Waals surface area contributed by atoms with E-state index >= 15 is 0 Å². The molecular formula is C13H21N. The summed E-state index contributed by atoms with van der Waals surface area (Å²) in [5, 5.41) is 6.86. The largest absolute Gasteiger partial charge is 0.309 e. The van der Waals surface area contributed by atoms with E-state index in [0.29, 0.717) is 0 Å². The third-order valence-corrected chi connectivity index (χ3v) is 2.96. The van der Waals surface area contributed by atoms with Crippen LogP contribution in [0.5, 0.6) is 0 Å². The second kappa shape index (κ2) is 6.58. The van der Waals surface area contributed by atoms with Crippen molar-refractivity contribution in [3.05, 3.63) is 23.8 Å². The maximum atomic E-state index is 6.86. The van der Waals surface area contributed by atoms with E-state index in [1.54, 1.807) is 6.08 Å². The summed E-state index contributed by atoms with van der Waals surface area (Å²) in [5.74, 6) is 1.04. The number of unbranched alkanes of at least 4 members (excludes halogenated alkanes) is 1. The Morgan fingerprint density at radius 2 is 2.21 bits per heavy atom. The maximum Gasteiger partial charge on any atom is 0.0177 e. The van der Waals surface area contributed by atoms with Gasteiger partial charge in [-0.1, -0.05) is 43.4 Å². The van der Waals surface area contributed by atoms with Crippen molar-refractivity contribution in [2.45, 2.75) is 45.4 Å². The van der Waals surface area contributed by atoms with Crippen LogP contribution in [0.1, 0.15) is 45.4 Å². The third-order valence-electron chi connectivity index (χ3n) is 2.96. The highest BCUT2D eigenvalue weighted by molar-refractivity contribution is 5.68. The minimum Gasteiger partial charge on any atom is -0.309 e. The molecule has 0 aromatic carbocycles. The second-order valence-electron chi connectivity index (χ2n) is 4.20. The highest BCUT2D eigenvalue weighted by atomic mass is 14.3. The van der Waals surface area contributed by atoms with Crippen LogP contribution >= 0.6 is 0 Å². The van der Waals surface area contributed by atoms with Gasteiger partial charge in [-0.2, -0.15) is 0 Å². The second-order valence-corrected chi connectivity index (χ2v) is 4.20. The Morgan fingerprint density at radius 1 is 1.43 bits per heavy atom. The van der Waals surface area contributed by atoms with Crippen molar-refractivity contribution in [3.8, 4) is 0 Å². The number of hydrogen-bond acceptors (Lipinski definition) is 1. The number of rotatable bonds is 6. The van der Waals surface area contributed by atoms with Crippen molar-refractivity contribution in [1.82, 2.24) is 0 Å². The zero-order valence-corrected chi connectivity index (χ0v) is 9.13. The summed E-state index contributed by atoms with van der Waals surface area (Å²) in [6.45, 7) is 2.10. The van der Waals surface area contributed by atoms with Gasteiger partial charge in [-0.3, -0.25) is 0 Å². The number of nitrogens with one attached hydrogen (secondary N) is 1. The summed E-state index contributed by atoms with van der Waals surface area (Å²) in [6.07, 6.45) is 15.7. The van der Waals surface area contributed by atoms with E-state index in [2.05, 4.69) is 13.0 Å². The SMILES string of the molecule is CC(/C=C\C=N)=C\CCCC1CCC1. The molecule has 1 aliphatic rings. The lowest BCUT2D eigenvalue weighted by Gasteiger charge is -2.24. The van der Waals surface area contributed by atoms with Gasteiger partial charge in [0.05, 0.1) is 0 Å². The van der Waals surface area contributed by atoms with Gasteiger partial charge in [0, 0.05) is 6.21 Å². The lowest BCUT2D eigenvalue weighted by atomic mass is 9.82. The molecule has 14 heavy (non-hydrogen) atoms. The standard InChI is InChI=1S/C13H21N/c1-12(7-5-11-14)6-2-3-8-13-9-4-10-13/h5-7,11,13-14H,2-4,8-10H2,1H3/b7-5-,12-6+,14-11?. The van der Waals surface area contributed by atoms with Crippen LogP contribution in [-0.2, 0) is 0 Å². The Hall–Kier alpha value is -0.850. The topological polar surface area (TPSA) is 23.9 Å². The molecule has 0 spiro atoms. The van der Waals surface area contributed by atoms with Crippen molar-refractivity contribution in [3.63, 3.8) is 0 Å². The first kappa shape index (κ1) is 11.2. The first-order valence-corrected chi connectivity index (χ1v) is 5.67. The molecule has 1 nitrogen and oxygen atoms in total. The van der Waals surface area contributed by atoms with E-state index in [4.69, 9.17) is 5.41 Å². The minimum atomic E-state index is 1.04. The van der Waals surface area contributed by atoms with Gasteiger partial charge < -0.3 is 5.41 Å². The van der Waals surface area contributed by atoms with Gasteiger partial charge in [-0.15, -0.1) is 0 Å². The average Bonchev–Trinajstić information content (AvgIpc) is 2.11. The molecule has 1 fully saturated rings. The fraction of sp³-hybridized carbons (Fsp3) is 0.615. The predicted octanol–water partition coefficient (Wildman–Crippen LogP) is 4.11.